The SMILES string of the molecule is CC=NC=NC(C)=N. The van der Waals surface area contributed by atoms with Gasteiger partial charge in [-0.1, -0.05) is 0 Å². The van der Waals surface area contributed by atoms with Crippen molar-refractivity contribution in [1.29, 1.82) is 5.41 Å². The summed E-state index contributed by atoms with van der Waals surface area (Å²) in [6.45, 7) is 3.40. The molecular weight excluding hydrogens is 102 g/mol. The molecule has 0 aliphatic rings. The Morgan fingerprint density at radius 2 is 2.25 bits per heavy atom. The highest BCUT2D eigenvalue weighted by molar-refractivity contribution is 5.86. The van der Waals surface area contributed by atoms with Gasteiger partial charge in [-0.25, -0.2) is 9.98 Å². The Morgan fingerprint density at radius 1 is 1.62 bits per heavy atom. The number of rotatable bonds is 1. The molecule has 0 aliphatic heterocycles. The summed E-state index contributed by atoms with van der Waals surface area (Å²) in [5.41, 5.74) is 0. The average molecular weight is 111 g/mol. The minimum atomic E-state index is 0.274. The van der Waals surface area contributed by atoms with E-state index in [1.807, 2.05) is 0 Å². The normalized spacial score (nSPS) is 11.2. The van der Waals surface area contributed by atoms with Crippen LogP contribution >= 0.6 is 0 Å². The first-order chi connectivity index (χ1) is 3.77. The van der Waals surface area contributed by atoms with Gasteiger partial charge in [-0.2, -0.15) is 0 Å². The molecule has 8 heavy (non-hydrogen) atoms. The van der Waals surface area contributed by atoms with Gasteiger partial charge in [-0.3, -0.25) is 5.41 Å². The van der Waals surface area contributed by atoms with E-state index in [0.717, 1.165) is 0 Å². The Balaban J connectivity index is 3.50. The average Bonchev–Trinajstić information content (AvgIpc) is 1.66. The molecular formula is C5H9N3. The minimum Gasteiger partial charge on any atom is -0.287 e. The summed E-state index contributed by atoms with van der Waals surface area (Å²) in [5, 5.41) is 6.80. The van der Waals surface area contributed by atoms with Crippen molar-refractivity contribution in [2.24, 2.45) is 9.98 Å². The van der Waals surface area contributed by atoms with E-state index in [4.69, 9.17) is 5.41 Å². The lowest BCUT2D eigenvalue weighted by molar-refractivity contribution is 1.41. The first-order valence-electron chi connectivity index (χ1n) is 2.33. The minimum absolute atomic E-state index is 0.274. The number of nitrogens with one attached hydrogen (secondary N) is 1. The summed E-state index contributed by atoms with van der Waals surface area (Å²) < 4.78 is 0. The summed E-state index contributed by atoms with van der Waals surface area (Å²) in [4.78, 5) is 7.23. The molecule has 0 fully saturated rings. The van der Waals surface area contributed by atoms with Gasteiger partial charge in [0.05, 0.1) is 0 Å². The van der Waals surface area contributed by atoms with Crippen LogP contribution in [0.2, 0.25) is 0 Å². The van der Waals surface area contributed by atoms with Gasteiger partial charge in [0.15, 0.2) is 0 Å². The molecule has 0 aromatic carbocycles. The molecule has 0 rings (SSSR count). The fourth-order valence-electron chi connectivity index (χ4n) is 0.187. The quantitative estimate of drug-likeness (QED) is 0.389. The second kappa shape index (κ2) is 4.18. The Kier molecular flexibility index (Phi) is 3.66. The van der Waals surface area contributed by atoms with Crippen molar-refractivity contribution in [3.63, 3.8) is 0 Å². The van der Waals surface area contributed by atoms with Gasteiger partial charge < -0.3 is 0 Å². The predicted octanol–water partition coefficient (Wildman–Crippen LogP) is 1.10. The first kappa shape index (κ1) is 7.01. The second-order valence-corrected chi connectivity index (χ2v) is 1.24. The molecule has 0 spiro atoms. The highest BCUT2D eigenvalue weighted by Gasteiger charge is 1.70. The molecule has 0 radical (unpaired) electrons. The van der Waals surface area contributed by atoms with Gasteiger partial charge in [0.2, 0.25) is 0 Å². The third-order valence-corrected chi connectivity index (χ3v) is 0.467. The van der Waals surface area contributed by atoms with Crippen LogP contribution in [0.1, 0.15) is 13.8 Å². The van der Waals surface area contributed by atoms with E-state index in [9.17, 15) is 0 Å². The second-order valence-electron chi connectivity index (χ2n) is 1.24. The third kappa shape index (κ3) is 5.01. The van der Waals surface area contributed by atoms with Crippen LogP contribution in [0.3, 0.4) is 0 Å². The summed E-state index contributed by atoms with van der Waals surface area (Å²) >= 11 is 0. The zero-order chi connectivity index (χ0) is 6.41. The van der Waals surface area contributed by atoms with Crippen molar-refractivity contribution in [1.82, 2.24) is 0 Å². The van der Waals surface area contributed by atoms with Crippen LogP contribution in [0.25, 0.3) is 0 Å². The fraction of sp³-hybridized carbons (Fsp3) is 0.400. The van der Waals surface area contributed by atoms with Crippen LogP contribution in [0.15, 0.2) is 9.98 Å². The Bertz CT molecular complexity index is 124. The van der Waals surface area contributed by atoms with E-state index in [-0.39, 0.29) is 5.84 Å². The van der Waals surface area contributed by atoms with Crippen LogP contribution in [0.5, 0.6) is 0 Å². The van der Waals surface area contributed by atoms with Crippen LogP contribution in [-0.2, 0) is 0 Å². The van der Waals surface area contributed by atoms with Crippen LogP contribution in [0, 0.1) is 5.41 Å². The number of amidine groups is 1. The van der Waals surface area contributed by atoms with E-state index in [1.54, 1.807) is 20.1 Å². The molecule has 0 saturated carbocycles. The summed E-state index contributed by atoms with van der Waals surface area (Å²) in [6.07, 6.45) is 2.97. The van der Waals surface area contributed by atoms with Gasteiger partial charge in [-0.05, 0) is 13.8 Å². The maximum Gasteiger partial charge on any atom is 0.119 e. The van der Waals surface area contributed by atoms with Crippen molar-refractivity contribution < 1.29 is 0 Å². The molecule has 0 amide bonds. The Labute approximate surface area is 48.7 Å². The van der Waals surface area contributed by atoms with Gasteiger partial charge in [0.1, 0.15) is 12.2 Å². The molecule has 0 saturated heterocycles. The zero-order valence-electron chi connectivity index (χ0n) is 5.05. The Morgan fingerprint density at radius 3 is 2.62 bits per heavy atom. The number of hydrogen-bond acceptors (Lipinski definition) is 1. The van der Waals surface area contributed by atoms with Crippen molar-refractivity contribution in [2.75, 3.05) is 0 Å². The molecule has 0 atom stereocenters. The smallest absolute Gasteiger partial charge is 0.119 e. The number of hydrogen-bond donors (Lipinski definition) is 1. The van der Waals surface area contributed by atoms with Gasteiger partial charge in [-0.15, -0.1) is 0 Å². The fourth-order valence-corrected chi connectivity index (χ4v) is 0.187. The first-order valence-corrected chi connectivity index (χ1v) is 2.33. The lowest BCUT2D eigenvalue weighted by Crippen LogP contribution is -1.79. The van der Waals surface area contributed by atoms with E-state index >= 15 is 0 Å². The van der Waals surface area contributed by atoms with Crippen molar-refractivity contribution in [2.45, 2.75) is 13.8 Å². The molecule has 3 heteroatoms. The molecule has 44 valence electrons. The molecule has 0 unspecified atom stereocenters. The molecule has 0 aromatic heterocycles. The topological polar surface area (TPSA) is 48.6 Å². The van der Waals surface area contributed by atoms with Gasteiger partial charge in [0.25, 0.3) is 0 Å². The monoisotopic (exact) mass is 111 g/mol. The summed E-state index contributed by atoms with van der Waals surface area (Å²) in [5.74, 6) is 0.274. The van der Waals surface area contributed by atoms with Crippen LogP contribution in [0.4, 0.5) is 0 Å². The Hall–Kier alpha value is -0.990. The molecule has 0 aliphatic carbocycles. The maximum atomic E-state index is 6.80. The zero-order valence-corrected chi connectivity index (χ0v) is 5.05. The van der Waals surface area contributed by atoms with Gasteiger partial charge >= 0.3 is 0 Å². The predicted molar refractivity (Wildman–Crippen MR) is 36.1 cm³/mol. The largest absolute Gasteiger partial charge is 0.287 e. The standard InChI is InChI=1S/C5H9N3/c1-3-7-4-8-5(2)6/h3-4,6H,1-2H3. The maximum absolute atomic E-state index is 6.80. The van der Waals surface area contributed by atoms with E-state index in [2.05, 4.69) is 9.98 Å². The summed E-state index contributed by atoms with van der Waals surface area (Å²) in [7, 11) is 0. The molecule has 1 N–H and O–H groups in total. The summed E-state index contributed by atoms with van der Waals surface area (Å²) in [6, 6.07) is 0. The number of nitrogens with zero attached hydrogens (tertiary/aromatic N) is 2. The van der Waals surface area contributed by atoms with E-state index < -0.39 is 0 Å². The molecule has 0 aromatic rings. The van der Waals surface area contributed by atoms with Crippen LogP contribution in [-0.4, -0.2) is 18.4 Å². The van der Waals surface area contributed by atoms with Crippen molar-refractivity contribution in [3.8, 4) is 0 Å². The van der Waals surface area contributed by atoms with Crippen molar-refractivity contribution >= 4 is 18.4 Å². The number of aliphatic imine (C=N–C) groups is 2. The van der Waals surface area contributed by atoms with E-state index in [0.29, 0.717) is 0 Å². The van der Waals surface area contributed by atoms with Gasteiger partial charge in [0, 0.05) is 6.21 Å². The molecule has 3 nitrogen and oxygen atoms in total. The third-order valence-electron chi connectivity index (χ3n) is 0.467. The molecule has 0 heterocycles. The highest BCUT2D eigenvalue weighted by Crippen LogP contribution is 1.68. The lowest BCUT2D eigenvalue weighted by atomic mass is 10.7. The van der Waals surface area contributed by atoms with Crippen LogP contribution < -0.4 is 0 Å². The van der Waals surface area contributed by atoms with E-state index in [1.165, 1.54) is 6.34 Å². The molecule has 0 bridgehead atoms. The highest BCUT2D eigenvalue weighted by atomic mass is 14.9. The van der Waals surface area contributed by atoms with Crippen molar-refractivity contribution in [3.05, 3.63) is 0 Å². The lowest BCUT2D eigenvalue weighted by Gasteiger charge is -1.76.